The van der Waals surface area contributed by atoms with Gasteiger partial charge in [-0.15, -0.1) is 0 Å². The van der Waals surface area contributed by atoms with Crippen LogP contribution in [0.5, 0.6) is 5.75 Å². The van der Waals surface area contributed by atoms with E-state index in [-0.39, 0.29) is 5.91 Å². The molecular weight excluding hydrogens is 404 g/mol. The minimum Gasteiger partial charge on any atom is -0.496 e. The van der Waals surface area contributed by atoms with Crippen molar-refractivity contribution in [3.8, 4) is 5.75 Å². The van der Waals surface area contributed by atoms with Crippen molar-refractivity contribution in [1.82, 2.24) is 10.3 Å². The van der Waals surface area contributed by atoms with Crippen molar-refractivity contribution >= 4 is 23.2 Å². The molecule has 1 unspecified atom stereocenters. The fourth-order valence-electron chi connectivity index (χ4n) is 4.34. The Labute approximate surface area is 189 Å². The Balaban J connectivity index is 1.52. The number of fused-ring (bicyclic) bond motifs is 1. The van der Waals surface area contributed by atoms with Gasteiger partial charge in [-0.05, 0) is 36.1 Å². The second-order valence-corrected chi connectivity index (χ2v) is 8.42. The molecule has 0 radical (unpaired) electrons. The van der Waals surface area contributed by atoms with Gasteiger partial charge in [0.2, 0.25) is 0 Å². The number of carbonyl (C=O) groups excluding carboxylic acids is 1. The number of amides is 1. The number of aliphatic imine (C=N–C) groups is 1. The zero-order valence-corrected chi connectivity index (χ0v) is 19.2. The highest BCUT2D eigenvalue weighted by molar-refractivity contribution is 6.09. The molecule has 1 aromatic carbocycles. The zero-order chi connectivity index (χ0) is 22.5. The summed E-state index contributed by atoms with van der Waals surface area (Å²) in [5.41, 5.74) is 3.79. The van der Waals surface area contributed by atoms with Gasteiger partial charge in [0.15, 0.2) is 0 Å². The van der Waals surface area contributed by atoms with Gasteiger partial charge in [-0.1, -0.05) is 32.8 Å². The summed E-state index contributed by atoms with van der Waals surface area (Å²) in [7, 11) is 1.68. The first kappa shape index (κ1) is 22.3. The Bertz CT molecular complexity index is 999. The summed E-state index contributed by atoms with van der Waals surface area (Å²) in [6, 6.07) is 7.71. The summed E-state index contributed by atoms with van der Waals surface area (Å²) in [5.74, 6) is 2.50. The number of rotatable bonds is 7. The van der Waals surface area contributed by atoms with Crippen molar-refractivity contribution in [2.75, 3.05) is 38.3 Å². The number of methoxy groups -OCH3 is 1. The Hall–Kier alpha value is -2.93. The minimum atomic E-state index is -0.173. The van der Waals surface area contributed by atoms with Crippen molar-refractivity contribution in [3.05, 3.63) is 47.2 Å². The van der Waals surface area contributed by atoms with Gasteiger partial charge in [0, 0.05) is 36.8 Å². The molecule has 0 spiro atoms. The van der Waals surface area contributed by atoms with Gasteiger partial charge < -0.3 is 19.7 Å². The monoisotopic (exact) mass is 436 g/mol. The number of unbranched alkanes of at least 4 members (excludes halogenated alkanes) is 1. The SMILES string of the molecule is CCCCC(C)c1ccc(OC)c2c1N=C(NC(=O)c1ccnc(N3CCOCC3)c1)C2. The Morgan fingerprint density at radius 1 is 1.28 bits per heavy atom. The number of benzene rings is 1. The Morgan fingerprint density at radius 3 is 2.84 bits per heavy atom. The average molecular weight is 437 g/mol. The van der Waals surface area contributed by atoms with Crippen LogP contribution in [0, 0.1) is 0 Å². The smallest absolute Gasteiger partial charge is 0.256 e. The third kappa shape index (κ3) is 4.78. The van der Waals surface area contributed by atoms with E-state index >= 15 is 0 Å². The summed E-state index contributed by atoms with van der Waals surface area (Å²) in [6.07, 6.45) is 5.71. The van der Waals surface area contributed by atoms with E-state index in [1.807, 2.05) is 12.1 Å². The molecule has 1 N–H and O–H groups in total. The number of ether oxygens (including phenoxy) is 2. The van der Waals surface area contributed by atoms with Crippen molar-refractivity contribution in [2.24, 2.45) is 4.99 Å². The topological polar surface area (TPSA) is 76.0 Å². The highest BCUT2D eigenvalue weighted by atomic mass is 16.5. The van der Waals surface area contributed by atoms with Crippen LogP contribution in [-0.2, 0) is 11.2 Å². The highest BCUT2D eigenvalue weighted by Crippen LogP contribution is 2.41. The van der Waals surface area contributed by atoms with E-state index in [9.17, 15) is 4.79 Å². The molecule has 7 heteroatoms. The third-order valence-corrected chi connectivity index (χ3v) is 6.20. The molecular formula is C25H32N4O3. The second-order valence-electron chi connectivity index (χ2n) is 8.42. The summed E-state index contributed by atoms with van der Waals surface area (Å²) in [5, 5.41) is 3.02. The molecule has 170 valence electrons. The van der Waals surface area contributed by atoms with Crippen LogP contribution in [0.4, 0.5) is 11.5 Å². The van der Waals surface area contributed by atoms with E-state index in [4.69, 9.17) is 14.5 Å². The van der Waals surface area contributed by atoms with Gasteiger partial charge in [-0.25, -0.2) is 9.98 Å². The van der Waals surface area contributed by atoms with Crippen LogP contribution in [0.25, 0.3) is 0 Å². The molecule has 32 heavy (non-hydrogen) atoms. The average Bonchev–Trinajstić information content (AvgIpc) is 3.26. The van der Waals surface area contributed by atoms with Crippen LogP contribution in [0.3, 0.4) is 0 Å². The second kappa shape index (κ2) is 10.1. The number of hydrogen-bond acceptors (Lipinski definition) is 6. The van der Waals surface area contributed by atoms with Crippen LogP contribution in [0.1, 0.15) is 60.5 Å². The lowest BCUT2D eigenvalue weighted by Crippen LogP contribution is -2.37. The number of nitrogens with one attached hydrogen (secondary N) is 1. The van der Waals surface area contributed by atoms with Crippen LogP contribution in [0.15, 0.2) is 35.5 Å². The molecule has 0 bridgehead atoms. The lowest BCUT2D eigenvalue weighted by atomic mass is 9.92. The van der Waals surface area contributed by atoms with Crippen LogP contribution in [0.2, 0.25) is 0 Å². The molecule has 1 saturated heterocycles. The molecule has 0 aliphatic carbocycles. The van der Waals surface area contributed by atoms with Crippen molar-refractivity contribution in [3.63, 3.8) is 0 Å². The predicted octanol–water partition coefficient (Wildman–Crippen LogP) is 4.24. The van der Waals surface area contributed by atoms with Gasteiger partial charge in [-0.2, -0.15) is 0 Å². The van der Waals surface area contributed by atoms with Gasteiger partial charge in [0.05, 0.1) is 26.0 Å². The fourth-order valence-corrected chi connectivity index (χ4v) is 4.34. The van der Waals surface area contributed by atoms with Crippen LogP contribution < -0.4 is 15.0 Å². The predicted molar refractivity (Wildman–Crippen MR) is 126 cm³/mol. The fraction of sp³-hybridized carbons (Fsp3) is 0.480. The number of pyridine rings is 1. The number of morpholine rings is 1. The molecule has 1 atom stereocenters. The standard InChI is InChI=1S/C25H32N4O3/c1-4-5-6-17(2)19-7-8-21(31-3)20-16-22(27-24(19)20)28-25(30)18-9-10-26-23(15-18)29-11-13-32-14-12-29/h7-10,15,17H,4-6,11-14,16H2,1-3H3,(H,27,28,30). The number of nitrogens with zero attached hydrogens (tertiary/aromatic N) is 3. The number of amidine groups is 1. The molecule has 2 aliphatic rings. The van der Waals surface area contributed by atoms with Crippen molar-refractivity contribution in [1.29, 1.82) is 0 Å². The summed E-state index contributed by atoms with van der Waals surface area (Å²) in [6.45, 7) is 7.36. The maximum absolute atomic E-state index is 13.0. The minimum absolute atomic E-state index is 0.173. The van der Waals surface area contributed by atoms with E-state index < -0.39 is 0 Å². The van der Waals surface area contributed by atoms with Gasteiger partial charge in [-0.3, -0.25) is 4.79 Å². The van der Waals surface area contributed by atoms with Gasteiger partial charge in [0.1, 0.15) is 17.4 Å². The van der Waals surface area contributed by atoms with E-state index in [0.717, 1.165) is 42.3 Å². The quantitative estimate of drug-likeness (QED) is 0.703. The maximum Gasteiger partial charge on any atom is 0.256 e. The molecule has 1 aromatic heterocycles. The highest BCUT2D eigenvalue weighted by Gasteiger charge is 2.25. The lowest BCUT2D eigenvalue weighted by molar-refractivity contribution is 0.0976. The Kier molecular flexibility index (Phi) is 7.05. The van der Waals surface area contributed by atoms with E-state index in [0.29, 0.717) is 37.0 Å². The molecule has 2 aromatic rings. The summed E-state index contributed by atoms with van der Waals surface area (Å²) >= 11 is 0. The summed E-state index contributed by atoms with van der Waals surface area (Å²) in [4.78, 5) is 24.4. The molecule has 4 rings (SSSR count). The van der Waals surface area contributed by atoms with Crippen LogP contribution in [-0.4, -0.2) is 50.1 Å². The van der Waals surface area contributed by atoms with Crippen molar-refractivity contribution in [2.45, 2.75) is 45.4 Å². The molecule has 0 saturated carbocycles. The van der Waals surface area contributed by atoms with Gasteiger partial charge >= 0.3 is 0 Å². The van der Waals surface area contributed by atoms with E-state index in [1.165, 1.54) is 18.4 Å². The lowest BCUT2D eigenvalue weighted by Gasteiger charge is -2.27. The maximum atomic E-state index is 13.0. The normalized spacial score (nSPS) is 16.3. The van der Waals surface area contributed by atoms with Crippen molar-refractivity contribution < 1.29 is 14.3 Å². The molecule has 2 aliphatic heterocycles. The molecule has 1 amide bonds. The molecule has 1 fully saturated rings. The largest absolute Gasteiger partial charge is 0.496 e. The first-order valence-electron chi connectivity index (χ1n) is 11.5. The number of aromatic nitrogens is 1. The van der Waals surface area contributed by atoms with E-state index in [2.05, 4.69) is 35.1 Å². The molecule has 3 heterocycles. The number of anilines is 1. The zero-order valence-electron chi connectivity index (χ0n) is 19.2. The Morgan fingerprint density at radius 2 is 2.09 bits per heavy atom. The molecule has 7 nitrogen and oxygen atoms in total. The van der Waals surface area contributed by atoms with Crippen LogP contribution >= 0.6 is 0 Å². The number of hydrogen-bond donors (Lipinski definition) is 1. The first-order chi connectivity index (χ1) is 15.6. The summed E-state index contributed by atoms with van der Waals surface area (Å²) < 4.78 is 11.0. The van der Waals surface area contributed by atoms with Gasteiger partial charge in [0.25, 0.3) is 5.91 Å². The van der Waals surface area contributed by atoms with E-state index in [1.54, 1.807) is 19.4 Å². The first-order valence-corrected chi connectivity index (χ1v) is 11.5. The third-order valence-electron chi connectivity index (χ3n) is 6.20. The number of carbonyl (C=O) groups is 1.